The topological polar surface area (TPSA) is 32.3 Å². The molecule has 0 unspecified atom stereocenters. The zero-order chi connectivity index (χ0) is 10.8. The van der Waals surface area contributed by atoms with Crippen molar-refractivity contribution < 1.29 is 5.11 Å². The maximum absolute atomic E-state index is 9.38. The molecule has 82 valence electrons. The molecule has 0 aliphatic heterocycles. The van der Waals surface area contributed by atoms with Crippen LogP contribution < -0.4 is 5.32 Å². The Labute approximate surface area is 99.2 Å². The summed E-state index contributed by atoms with van der Waals surface area (Å²) < 4.78 is 0. The SMILES string of the molecule is O[C@H]1CC[C@@H]1NCc1ccc(Cl)cc1Cl. The highest BCUT2D eigenvalue weighted by Gasteiger charge is 2.27. The predicted molar refractivity (Wildman–Crippen MR) is 62.3 cm³/mol. The summed E-state index contributed by atoms with van der Waals surface area (Å²) >= 11 is 11.8. The van der Waals surface area contributed by atoms with Gasteiger partial charge in [0.15, 0.2) is 0 Å². The zero-order valence-corrected chi connectivity index (χ0v) is 9.72. The fraction of sp³-hybridized carbons (Fsp3) is 0.455. The Morgan fingerprint density at radius 2 is 2.13 bits per heavy atom. The summed E-state index contributed by atoms with van der Waals surface area (Å²) in [7, 11) is 0. The van der Waals surface area contributed by atoms with E-state index in [1.165, 1.54) is 0 Å². The van der Waals surface area contributed by atoms with Crippen molar-refractivity contribution >= 4 is 23.2 Å². The van der Waals surface area contributed by atoms with E-state index in [1.807, 2.05) is 12.1 Å². The molecule has 0 radical (unpaired) electrons. The first-order valence-electron chi connectivity index (χ1n) is 5.02. The second-order valence-corrected chi connectivity index (χ2v) is 4.71. The van der Waals surface area contributed by atoms with Gasteiger partial charge >= 0.3 is 0 Å². The predicted octanol–water partition coefficient (Wildman–Crippen LogP) is 2.61. The highest BCUT2D eigenvalue weighted by molar-refractivity contribution is 6.35. The second-order valence-electron chi connectivity index (χ2n) is 3.87. The van der Waals surface area contributed by atoms with Crippen molar-refractivity contribution in [3.05, 3.63) is 33.8 Å². The van der Waals surface area contributed by atoms with E-state index >= 15 is 0 Å². The van der Waals surface area contributed by atoms with Gasteiger partial charge in [0.2, 0.25) is 0 Å². The lowest BCUT2D eigenvalue weighted by atomic mass is 9.89. The van der Waals surface area contributed by atoms with Crippen LogP contribution in [0, 0.1) is 0 Å². The van der Waals surface area contributed by atoms with Crippen LogP contribution in [0.4, 0.5) is 0 Å². The van der Waals surface area contributed by atoms with E-state index in [-0.39, 0.29) is 12.1 Å². The summed E-state index contributed by atoms with van der Waals surface area (Å²) in [4.78, 5) is 0. The summed E-state index contributed by atoms with van der Waals surface area (Å²) in [5.74, 6) is 0. The second kappa shape index (κ2) is 4.71. The molecule has 0 saturated heterocycles. The molecular weight excluding hydrogens is 233 g/mol. The van der Waals surface area contributed by atoms with Gasteiger partial charge in [-0.05, 0) is 30.5 Å². The van der Waals surface area contributed by atoms with E-state index in [0.29, 0.717) is 16.6 Å². The van der Waals surface area contributed by atoms with E-state index in [9.17, 15) is 5.11 Å². The summed E-state index contributed by atoms with van der Waals surface area (Å²) in [6.07, 6.45) is 1.73. The van der Waals surface area contributed by atoms with Gasteiger partial charge in [-0.15, -0.1) is 0 Å². The Morgan fingerprint density at radius 1 is 1.33 bits per heavy atom. The van der Waals surface area contributed by atoms with Crippen LogP contribution in [-0.4, -0.2) is 17.3 Å². The highest BCUT2D eigenvalue weighted by atomic mass is 35.5. The van der Waals surface area contributed by atoms with Crippen molar-refractivity contribution in [2.75, 3.05) is 0 Å². The molecule has 2 nitrogen and oxygen atoms in total. The number of rotatable bonds is 3. The molecule has 1 aliphatic rings. The molecule has 1 aliphatic carbocycles. The highest BCUT2D eigenvalue weighted by Crippen LogP contribution is 2.23. The van der Waals surface area contributed by atoms with Gasteiger partial charge in [-0.1, -0.05) is 29.3 Å². The lowest BCUT2D eigenvalue weighted by Crippen LogP contribution is -2.47. The van der Waals surface area contributed by atoms with Crippen LogP contribution in [-0.2, 0) is 6.54 Å². The lowest BCUT2D eigenvalue weighted by Gasteiger charge is -2.33. The number of hydrogen-bond donors (Lipinski definition) is 2. The monoisotopic (exact) mass is 245 g/mol. The molecule has 2 atom stereocenters. The molecule has 1 aromatic carbocycles. The Bertz CT molecular complexity index is 356. The maximum atomic E-state index is 9.38. The van der Waals surface area contributed by atoms with Gasteiger partial charge in [-0.2, -0.15) is 0 Å². The first-order chi connectivity index (χ1) is 7.16. The molecule has 0 amide bonds. The fourth-order valence-corrected chi connectivity index (χ4v) is 2.10. The Kier molecular flexibility index (Phi) is 3.52. The van der Waals surface area contributed by atoms with Gasteiger partial charge < -0.3 is 10.4 Å². The lowest BCUT2D eigenvalue weighted by molar-refractivity contribution is 0.0493. The normalized spacial score (nSPS) is 25.0. The van der Waals surface area contributed by atoms with Crippen molar-refractivity contribution in [1.29, 1.82) is 0 Å². The molecular formula is C11H13Cl2NO. The Hall–Kier alpha value is -0.280. The van der Waals surface area contributed by atoms with Crippen LogP contribution in [0.15, 0.2) is 18.2 Å². The molecule has 15 heavy (non-hydrogen) atoms. The van der Waals surface area contributed by atoms with Crippen molar-refractivity contribution in [3.63, 3.8) is 0 Å². The van der Waals surface area contributed by atoms with Gasteiger partial charge in [-0.25, -0.2) is 0 Å². The van der Waals surface area contributed by atoms with Gasteiger partial charge in [0, 0.05) is 22.6 Å². The van der Waals surface area contributed by atoms with Gasteiger partial charge in [-0.3, -0.25) is 0 Å². The average molecular weight is 246 g/mol. The third-order valence-electron chi connectivity index (χ3n) is 2.81. The van der Waals surface area contributed by atoms with Crippen molar-refractivity contribution in [1.82, 2.24) is 5.32 Å². The van der Waals surface area contributed by atoms with Crippen LogP contribution in [0.5, 0.6) is 0 Å². The van der Waals surface area contributed by atoms with Crippen LogP contribution in [0.3, 0.4) is 0 Å². The molecule has 2 N–H and O–H groups in total. The van der Waals surface area contributed by atoms with E-state index < -0.39 is 0 Å². The zero-order valence-electron chi connectivity index (χ0n) is 8.21. The molecule has 0 aromatic heterocycles. The number of nitrogens with one attached hydrogen (secondary N) is 1. The van der Waals surface area contributed by atoms with E-state index in [0.717, 1.165) is 18.4 Å². The van der Waals surface area contributed by atoms with Crippen molar-refractivity contribution in [3.8, 4) is 0 Å². The maximum Gasteiger partial charge on any atom is 0.0693 e. The largest absolute Gasteiger partial charge is 0.392 e. The van der Waals surface area contributed by atoms with Crippen LogP contribution in [0.1, 0.15) is 18.4 Å². The number of aliphatic hydroxyl groups excluding tert-OH is 1. The van der Waals surface area contributed by atoms with Crippen LogP contribution >= 0.6 is 23.2 Å². The summed E-state index contributed by atoms with van der Waals surface area (Å²) in [6.45, 7) is 0.678. The van der Waals surface area contributed by atoms with Gasteiger partial charge in [0.25, 0.3) is 0 Å². The fourth-order valence-electron chi connectivity index (χ4n) is 1.63. The minimum Gasteiger partial charge on any atom is -0.392 e. The van der Waals surface area contributed by atoms with Gasteiger partial charge in [0.1, 0.15) is 0 Å². The van der Waals surface area contributed by atoms with E-state index in [2.05, 4.69) is 5.32 Å². The van der Waals surface area contributed by atoms with Gasteiger partial charge in [0.05, 0.1) is 6.10 Å². The van der Waals surface area contributed by atoms with Crippen molar-refractivity contribution in [2.45, 2.75) is 31.5 Å². The van der Waals surface area contributed by atoms with E-state index in [4.69, 9.17) is 23.2 Å². The summed E-state index contributed by atoms with van der Waals surface area (Å²) in [5, 5.41) is 14.0. The molecule has 1 aromatic rings. The van der Waals surface area contributed by atoms with Crippen LogP contribution in [0.25, 0.3) is 0 Å². The minimum absolute atomic E-state index is 0.198. The smallest absolute Gasteiger partial charge is 0.0693 e. The van der Waals surface area contributed by atoms with E-state index in [1.54, 1.807) is 6.07 Å². The molecule has 1 fully saturated rings. The Morgan fingerprint density at radius 3 is 2.67 bits per heavy atom. The molecule has 0 bridgehead atoms. The summed E-state index contributed by atoms with van der Waals surface area (Å²) in [6, 6.07) is 5.68. The third kappa shape index (κ3) is 2.64. The number of halogens is 2. The molecule has 2 rings (SSSR count). The standard InChI is InChI=1S/C11H13Cl2NO/c12-8-2-1-7(9(13)5-8)6-14-10-3-4-11(10)15/h1-2,5,10-11,14-15H,3-4,6H2/t10-,11-/m0/s1. The number of benzene rings is 1. The van der Waals surface area contributed by atoms with Crippen molar-refractivity contribution in [2.24, 2.45) is 0 Å². The van der Waals surface area contributed by atoms with Crippen LogP contribution in [0.2, 0.25) is 10.0 Å². The minimum atomic E-state index is -0.198. The first-order valence-corrected chi connectivity index (χ1v) is 5.78. The molecule has 0 heterocycles. The average Bonchev–Trinajstić information content (AvgIpc) is 2.19. The number of hydrogen-bond acceptors (Lipinski definition) is 2. The summed E-state index contributed by atoms with van der Waals surface area (Å²) in [5.41, 5.74) is 1.01. The third-order valence-corrected chi connectivity index (χ3v) is 3.39. The number of aliphatic hydroxyl groups is 1. The quantitative estimate of drug-likeness (QED) is 0.859. The molecule has 4 heteroatoms. The molecule has 1 saturated carbocycles. The molecule has 0 spiro atoms. The Balaban J connectivity index is 1.93. The first kappa shape index (κ1) is 11.2.